The number of benzene rings is 2. The van der Waals surface area contributed by atoms with Gasteiger partial charge in [-0.1, -0.05) is 46.2 Å². The number of phenolic OH excluding ortho intramolecular Hbond substituents is 1. The third kappa shape index (κ3) is 19.5. The molecule has 8 atom stereocenters. The fourth-order valence-corrected chi connectivity index (χ4v) is 9.27. The van der Waals surface area contributed by atoms with E-state index in [2.05, 4.69) is 57.5 Å². The summed E-state index contributed by atoms with van der Waals surface area (Å²) in [6.07, 6.45) is 3.95. The Morgan fingerprint density at radius 2 is 1.37 bits per heavy atom. The molecule has 5 rings (SSSR count). The molecule has 1 aliphatic heterocycles. The molecule has 2 aromatic heterocycles. The number of nitrogens with one attached hydrogen (secondary N) is 10. The molecule has 0 saturated carbocycles. The van der Waals surface area contributed by atoms with Crippen LogP contribution < -0.4 is 70.2 Å². The number of hydrogen-bond donors (Lipinski definition) is 14. The van der Waals surface area contributed by atoms with Crippen LogP contribution in [0.4, 0.5) is 5.69 Å². The van der Waals surface area contributed by atoms with Crippen LogP contribution >= 0.6 is 0 Å². The zero-order valence-corrected chi connectivity index (χ0v) is 48.2. The largest absolute Gasteiger partial charge is 0.508 e. The fraction of sp³-hybridized carbons (Fsp3) is 0.509. The van der Waals surface area contributed by atoms with Crippen LogP contribution in [0.15, 0.2) is 66.1 Å². The predicted octanol–water partition coefficient (Wildman–Crippen LogP) is -2.81. The van der Waals surface area contributed by atoms with Crippen LogP contribution in [0, 0.1) is 17.2 Å². The number of nitrogens with two attached hydrogens (primary N) is 3. The Balaban J connectivity index is 1.34. The summed E-state index contributed by atoms with van der Waals surface area (Å²) < 4.78 is 1.08. The zero-order valence-electron chi connectivity index (χ0n) is 48.2. The molecule has 1 aliphatic rings. The smallest absolute Gasteiger partial charge is 0.261 e. The number of nitrogens with zero attached hydrogens (tertiary/aromatic N) is 5. The van der Waals surface area contributed by atoms with Gasteiger partial charge in [0.25, 0.3) is 5.56 Å². The second-order valence-electron chi connectivity index (χ2n) is 21.2. The number of fused-ring (bicyclic) bond motifs is 1. The van der Waals surface area contributed by atoms with Crippen LogP contribution in [-0.2, 0) is 62.5 Å². The van der Waals surface area contributed by atoms with Crippen molar-refractivity contribution in [2.24, 2.45) is 29.0 Å². The minimum Gasteiger partial charge on any atom is -0.508 e. The van der Waals surface area contributed by atoms with Gasteiger partial charge in [0, 0.05) is 64.5 Å². The van der Waals surface area contributed by atoms with Gasteiger partial charge in [-0.25, -0.2) is 9.97 Å². The molecule has 456 valence electrons. The lowest BCUT2D eigenvalue weighted by atomic mass is 9.99. The monoisotopic (exact) mass is 1170 g/mol. The molecule has 0 aliphatic carbocycles. The van der Waals surface area contributed by atoms with Gasteiger partial charge < -0.3 is 79.6 Å². The summed E-state index contributed by atoms with van der Waals surface area (Å²) in [5, 5.41) is 38.8. The van der Waals surface area contributed by atoms with Gasteiger partial charge in [-0.3, -0.25) is 57.9 Å². The molecule has 4 aromatic rings. The number of piperazine rings is 1. The van der Waals surface area contributed by atoms with E-state index in [9.17, 15) is 53.1 Å². The number of hydrogen-bond acceptors (Lipinski definition) is 16. The number of anilines is 1. The Hall–Kier alpha value is -9.15. The number of guanidine groups is 1. The number of rotatable bonds is 30. The quantitative estimate of drug-likeness (QED) is 0.0142. The van der Waals surface area contributed by atoms with Gasteiger partial charge in [-0.2, -0.15) is 0 Å². The number of aromatic nitrogens is 4. The van der Waals surface area contributed by atoms with E-state index in [0.717, 1.165) is 4.57 Å². The average molecular weight is 1170 g/mol. The third-order valence-corrected chi connectivity index (χ3v) is 14.2. The molecule has 3 heterocycles. The molecule has 29 nitrogen and oxygen atoms in total. The van der Waals surface area contributed by atoms with Crippen LogP contribution in [0.1, 0.15) is 78.0 Å². The van der Waals surface area contributed by atoms with E-state index in [4.69, 9.17) is 22.6 Å². The van der Waals surface area contributed by atoms with Gasteiger partial charge in [0.1, 0.15) is 48.5 Å². The summed E-state index contributed by atoms with van der Waals surface area (Å²) in [7, 11) is 1.31. The summed E-state index contributed by atoms with van der Waals surface area (Å²) in [6, 6.07) is 2.44. The van der Waals surface area contributed by atoms with Crippen LogP contribution in [0.5, 0.6) is 5.75 Å². The Bertz CT molecular complexity index is 3020. The molecular weight excluding hydrogens is 1090 g/mol. The van der Waals surface area contributed by atoms with Crippen molar-refractivity contribution in [2.75, 3.05) is 44.7 Å². The highest BCUT2D eigenvalue weighted by atomic mass is 16.3. The minimum atomic E-state index is -1.47. The van der Waals surface area contributed by atoms with Crippen molar-refractivity contribution in [3.05, 3.63) is 82.9 Å². The van der Waals surface area contributed by atoms with Crippen LogP contribution in [0.3, 0.4) is 0 Å². The van der Waals surface area contributed by atoms with Gasteiger partial charge in [-0.15, -0.1) is 0 Å². The van der Waals surface area contributed by atoms with E-state index in [-0.39, 0.29) is 73.5 Å². The van der Waals surface area contributed by atoms with Crippen LogP contribution in [-0.4, -0.2) is 171 Å². The predicted molar refractivity (Wildman–Crippen MR) is 310 cm³/mol. The second kappa shape index (κ2) is 31.3. The summed E-state index contributed by atoms with van der Waals surface area (Å²) in [5.74, 6) is -7.08. The topological polar surface area (TPSA) is 442 Å². The summed E-state index contributed by atoms with van der Waals surface area (Å²) in [6.45, 7) is 10.0. The summed E-state index contributed by atoms with van der Waals surface area (Å²) in [5.41, 5.74) is 18.2. The summed E-state index contributed by atoms with van der Waals surface area (Å²) >= 11 is 0. The average Bonchev–Trinajstić information content (AvgIpc) is 3.24. The number of aromatic amines is 1. The minimum absolute atomic E-state index is 0.0536. The van der Waals surface area contributed by atoms with E-state index in [1.54, 1.807) is 43.9 Å². The van der Waals surface area contributed by atoms with E-state index >= 15 is 0 Å². The Morgan fingerprint density at radius 3 is 1.96 bits per heavy atom. The molecule has 17 N–H and O–H groups in total. The van der Waals surface area contributed by atoms with Crippen molar-refractivity contribution >= 4 is 75.7 Å². The van der Waals surface area contributed by atoms with E-state index in [0.29, 0.717) is 55.1 Å². The number of phenols is 1. The van der Waals surface area contributed by atoms with E-state index < -0.39 is 108 Å². The first-order chi connectivity index (χ1) is 39.9. The molecule has 0 spiro atoms. The maximum Gasteiger partial charge on any atom is 0.261 e. The number of aromatic hydroxyl groups is 1. The molecule has 2 aromatic carbocycles. The highest BCUT2D eigenvalue weighted by molar-refractivity contribution is 5.97. The molecule has 1 fully saturated rings. The van der Waals surface area contributed by atoms with Crippen molar-refractivity contribution in [1.82, 2.24) is 67.0 Å². The molecule has 0 unspecified atom stereocenters. The molecular formula is C55H80N18O11. The molecule has 84 heavy (non-hydrogen) atoms. The Labute approximate surface area is 485 Å². The van der Waals surface area contributed by atoms with Crippen molar-refractivity contribution in [1.29, 1.82) is 5.41 Å². The number of primary amides is 1. The highest BCUT2D eigenvalue weighted by Crippen LogP contribution is 2.21. The fourth-order valence-electron chi connectivity index (χ4n) is 9.27. The van der Waals surface area contributed by atoms with Gasteiger partial charge in [0.05, 0.1) is 41.7 Å². The number of carbonyl (C=O) groups is 9. The highest BCUT2D eigenvalue weighted by Gasteiger charge is 2.35. The van der Waals surface area contributed by atoms with Crippen molar-refractivity contribution in [3.8, 4) is 5.75 Å². The number of H-pyrrole nitrogens is 1. The number of imidazole rings is 1. The number of likely N-dealkylation sites (N-methyl/N-ethyl adjacent to an activating group) is 1. The van der Waals surface area contributed by atoms with Crippen molar-refractivity contribution in [3.63, 3.8) is 0 Å². The lowest BCUT2D eigenvalue weighted by Gasteiger charge is -2.37. The van der Waals surface area contributed by atoms with Crippen molar-refractivity contribution < 1.29 is 48.3 Å². The van der Waals surface area contributed by atoms with Crippen LogP contribution in [0.25, 0.3) is 10.9 Å². The molecule has 0 radical (unpaired) electrons. The second-order valence-corrected chi connectivity index (χ2v) is 21.2. The maximum absolute atomic E-state index is 14.6. The molecule has 0 bridgehead atoms. The van der Waals surface area contributed by atoms with Crippen molar-refractivity contribution in [2.45, 2.75) is 128 Å². The van der Waals surface area contributed by atoms with Crippen LogP contribution in [0.2, 0.25) is 0 Å². The van der Waals surface area contributed by atoms with E-state index in [1.807, 2.05) is 18.7 Å². The van der Waals surface area contributed by atoms with Gasteiger partial charge in [0.15, 0.2) is 5.96 Å². The standard InChI is InChI=1S/C55H80N18O11/c1-7-31(4)46(57)52(82)65-32(5)53(83)72-19-17-71(18-20-72)35-12-15-38-37(24-35)54(84)73(29-64-38)27-45(76)66-39(9-8-16-62-55(58)59)48(78)69-42(23-34-26-61-28-63-34)51(81)68-41(22-33-10-13-36(74)14-11-33)50(80)67-40(21-30(2)3)49(79)70-43(25-44(56)75)47(77)60-6/h10-15,24,26,28-32,39-43,46,74H,7-9,16-23,25,27,57H2,1-6H3,(H2,56,75)(H,60,77)(H,61,63)(H,65,82)(H,66,76)(H,67,80)(H,68,81)(H,69,78)(H,70,79)(H4,58,59,62)/t31-,32-,39-,40-,41-,42-,43-,46-/m0/s1. The maximum atomic E-state index is 14.6. The molecule has 1 saturated heterocycles. The van der Waals surface area contributed by atoms with E-state index in [1.165, 1.54) is 50.2 Å². The first kappa shape index (κ1) is 65.7. The number of amides is 9. The molecule has 9 amide bonds. The first-order valence-corrected chi connectivity index (χ1v) is 27.8. The van der Waals surface area contributed by atoms with Gasteiger partial charge in [0.2, 0.25) is 53.2 Å². The number of carbonyl (C=O) groups excluding carboxylic acids is 9. The lowest BCUT2D eigenvalue weighted by molar-refractivity contribution is -0.136. The molecule has 29 heteroatoms. The Morgan fingerprint density at radius 1 is 0.750 bits per heavy atom. The third-order valence-electron chi connectivity index (χ3n) is 14.2. The Kier molecular flexibility index (Phi) is 24.5. The van der Waals surface area contributed by atoms with Gasteiger partial charge in [-0.05, 0) is 73.9 Å². The van der Waals surface area contributed by atoms with Gasteiger partial charge >= 0.3 is 0 Å². The zero-order chi connectivity index (χ0) is 61.8. The SMILES string of the molecule is CC[C@H](C)[C@H](N)C(=O)N[C@@H](C)C(=O)N1CCN(c2ccc3ncn(CC(=O)N[C@@H](CCCNC(=N)N)C(=O)N[C@@H](Cc4c[nH]cn4)C(=O)N[C@@H](Cc4ccc(O)cc4)C(=O)N[C@@H](CC(C)C)C(=O)N[C@@H](CC(N)=O)C(=O)NC)c(=O)c3c2)CC1. The first-order valence-electron chi connectivity index (χ1n) is 27.8. The lowest BCUT2D eigenvalue weighted by Crippen LogP contribution is -2.60. The summed E-state index contributed by atoms with van der Waals surface area (Å²) in [4.78, 5) is 151. The normalized spacial score (nSPS) is 15.2.